The van der Waals surface area contributed by atoms with Gasteiger partial charge in [0.1, 0.15) is 18.5 Å². The van der Waals surface area contributed by atoms with Gasteiger partial charge in [-0.05, 0) is 29.8 Å². The predicted molar refractivity (Wildman–Crippen MR) is 85.3 cm³/mol. The van der Waals surface area contributed by atoms with Crippen LogP contribution in [0.15, 0.2) is 59.6 Å². The maximum atomic E-state index is 13.2. The molecule has 0 unspecified atom stereocenters. The molecule has 0 bridgehead atoms. The van der Waals surface area contributed by atoms with Crippen molar-refractivity contribution >= 4 is 11.7 Å². The Bertz CT molecular complexity index is 643. The molecule has 2 aromatic rings. The number of aliphatic imine (C=N–C) groups is 1. The summed E-state index contributed by atoms with van der Waals surface area (Å²) in [6, 6.07) is 16.9. The Morgan fingerprint density at radius 2 is 1.86 bits per heavy atom. The molecule has 0 amide bonds. The smallest absolute Gasteiger partial charge is 0.282 e. The lowest BCUT2D eigenvalue weighted by Crippen LogP contribution is -2.32. The van der Waals surface area contributed by atoms with Gasteiger partial charge in [0, 0.05) is 18.8 Å². The van der Waals surface area contributed by atoms with Crippen molar-refractivity contribution < 1.29 is 9.13 Å². The van der Waals surface area contributed by atoms with E-state index in [1.807, 2.05) is 18.2 Å². The summed E-state index contributed by atoms with van der Waals surface area (Å²) >= 11 is 0. The van der Waals surface area contributed by atoms with Gasteiger partial charge in [-0.2, -0.15) is 0 Å². The third kappa shape index (κ3) is 3.55. The van der Waals surface area contributed by atoms with Gasteiger partial charge in [-0.3, -0.25) is 0 Å². The minimum Gasteiger partial charge on any atom is -0.463 e. The van der Waals surface area contributed by atoms with Crippen molar-refractivity contribution in [1.82, 2.24) is 0 Å². The van der Waals surface area contributed by atoms with E-state index in [9.17, 15) is 4.39 Å². The topological polar surface area (TPSA) is 50.8 Å². The zero-order chi connectivity index (χ0) is 15.4. The lowest BCUT2D eigenvalue weighted by atomic mass is 10.1. The normalized spacial score (nSPS) is 17.0. The molecule has 0 aromatic heterocycles. The number of halogens is 1. The van der Waals surface area contributed by atoms with Crippen LogP contribution in [0.2, 0.25) is 0 Å². The third-order valence-electron chi connectivity index (χ3n) is 3.57. The summed E-state index contributed by atoms with van der Waals surface area (Å²) in [5.41, 5.74) is 7.70. The summed E-state index contributed by atoms with van der Waals surface area (Å²) in [6.07, 6.45) is 0. The number of amidine groups is 1. The zero-order valence-corrected chi connectivity index (χ0v) is 12.2. The number of nitrogens with zero attached hydrogens (tertiary/aromatic N) is 2. The van der Waals surface area contributed by atoms with Gasteiger partial charge >= 0.3 is 0 Å². The number of ether oxygens (including phenoxy) is 1. The van der Waals surface area contributed by atoms with Crippen LogP contribution in [-0.4, -0.2) is 25.2 Å². The summed E-state index contributed by atoms with van der Waals surface area (Å²) in [5.74, 6) is -0.241. The highest BCUT2D eigenvalue weighted by Gasteiger charge is 2.20. The van der Waals surface area contributed by atoms with Crippen molar-refractivity contribution in [3.8, 4) is 0 Å². The number of anilines is 1. The molecule has 3 rings (SSSR count). The van der Waals surface area contributed by atoms with Gasteiger partial charge in [0.05, 0.1) is 0 Å². The molecule has 1 heterocycles. The largest absolute Gasteiger partial charge is 0.463 e. The van der Waals surface area contributed by atoms with Crippen LogP contribution >= 0.6 is 0 Å². The second-order valence-corrected chi connectivity index (χ2v) is 5.27. The van der Waals surface area contributed by atoms with E-state index in [0.717, 1.165) is 12.2 Å². The minimum atomic E-state index is -0.241. The van der Waals surface area contributed by atoms with Gasteiger partial charge in [0.15, 0.2) is 0 Å². The van der Waals surface area contributed by atoms with Crippen molar-refractivity contribution in [2.24, 2.45) is 10.7 Å². The van der Waals surface area contributed by atoms with E-state index in [1.165, 1.54) is 17.7 Å². The molecular weight excluding hydrogens is 281 g/mol. The summed E-state index contributed by atoms with van der Waals surface area (Å²) < 4.78 is 18.4. The maximum absolute atomic E-state index is 13.2. The molecule has 0 aliphatic carbocycles. The van der Waals surface area contributed by atoms with E-state index >= 15 is 0 Å². The molecule has 2 aromatic carbocycles. The standard InChI is InChI=1S/C17H18FN3O/c18-14-6-8-16(9-7-14)21(10-13-4-2-1-3-5-13)11-15-12-22-17(19)20-15/h1-9,15H,10-12H2,(H2,19,20)/t15-/m0/s1. The molecule has 1 aliphatic rings. The first kappa shape index (κ1) is 14.4. The lowest BCUT2D eigenvalue weighted by molar-refractivity contribution is 0.313. The van der Waals surface area contributed by atoms with Crippen LogP contribution in [0.25, 0.3) is 0 Å². The highest BCUT2D eigenvalue weighted by molar-refractivity contribution is 5.73. The molecular formula is C17H18FN3O. The predicted octanol–water partition coefficient (Wildman–Crippen LogP) is 2.55. The molecule has 0 radical (unpaired) electrons. The third-order valence-corrected chi connectivity index (χ3v) is 3.57. The van der Waals surface area contributed by atoms with E-state index in [4.69, 9.17) is 10.5 Å². The molecule has 4 nitrogen and oxygen atoms in total. The Morgan fingerprint density at radius 1 is 1.14 bits per heavy atom. The highest BCUT2D eigenvalue weighted by atomic mass is 19.1. The fourth-order valence-corrected chi connectivity index (χ4v) is 2.50. The molecule has 114 valence electrons. The molecule has 5 heteroatoms. The second kappa shape index (κ2) is 6.47. The molecule has 2 N–H and O–H groups in total. The van der Waals surface area contributed by atoms with E-state index in [-0.39, 0.29) is 17.9 Å². The Kier molecular flexibility index (Phi) is 4.23. The molecule has 0 fully saturated rings. The van der Waals surface area contributed by atoms with Gasteiger partial charge < -0.3 is 15.4 Å². The van der Waals surface area contributed by atoms with E-state index in [1.54, 1.807) is 12.1 Å². The van der Waals surface area contributed by atoms with Crippen LogP contribution in [0.4, 0.5) is 10.1 Å². The molecule has 0 saturated heterocycles. The average molecular weight is 299 g/mol. The Morgan fingerprint density at radius 3 is 2.50 bits per heavy atom. The van der Waals surface area contributed by atoms with Crippen LogP contribution in [0.5, 0.6) is 0 Å². The van der Waals surface area contributed by atoms with Gasteiger partial charge in [-0.1, -0.05) is 30.3 Å². The molecule has 1 aliphatic heterocycles. The maximum Gasteiger partial charge on any atom is 0.282 e. The summed E-state index contributed by atoms with van der Waals surface area (Å²) in [6.45, 7) is 1.87. The number of hydrogen-bond donors (Lipinski definition) is 1. The highest BCUT2D eigenvalue weighted by Crippen LogP contribution is 2.19. The second-order valence-electron chi connectivity index (χ2n) is 5.27. The Labute approximate surface area is 129 Å². The summed E-state index contributed by atoms with van der Waals surface area (Å²) in [4.78, 5) is 6.43. The van der Waals surface area contributed by atoms with Crippen LogP contribution in [-0.2, 0) is 11.3 Å². The van der Waals surface area contributed by atoms with Crippen LogP contribution < -0.4 is 10.6 Å². The van der Waals surface area contributed by atoms with Gasteiger partial charge in [0.25, 0.3) is 6.02 Å². The number of rotatable bonds is 5. The van der Waals surface area contributed by atoms with Crippen LogP contribution in [0.3, 0.4) is 0 Å². The first-order chi connectivity index (χ1) is 10.7. The first-order valence-electron chi connectivity index (χ1n) is 7.21. The van der Waals surface area contributed by atoms with Gasteiger partial charge in [-0.25, -0.2) is 9.38 Å². The zero-order valence-electron chi connectivity index (χ0n) is 12.2. The minimum absolute atomic E-state index is 0.00577. The van der Waals surface area contributed by atoms with Crippen molar-refractivity contribution in [2.45, 2.75) is 12.6 Å². The van der Waals surface area contributed by atoms with Crippen LogP contribution in [0, 0.1) is 5.82 Å². The SMILES string of the molecule is NC1=N[C@@H](CN(Cc2ccccc2)c2ccc(F)cc2)CO1. The van der Waals surface area contributed by atoms with Gasteiger partial charge in [-0.15, -0.1) is 0 Å². The molecule has 1 atom stereocenters. The van der Waals surface area contributed by atoms with E-state index in [0.29, 0.717) is 13.2 Å². The average Bonchev–Trinajstić information content (AvgIpc) is 2.94. The van der Waals surface area contributed by atoms with Gasteiger partial charge in [0.2, 0.25) is 0 Å². The lowest BCUT2D eigenvalue weighted by Gasteiger charge is -2.26. The van der Waals surface area contributed by atoms with E-state index < -0.39 is 0 Å². The van der Waals surface area contributed by atoms with Crippen molar-refractivity contribution in [1.29, 1.82) is 0 Å². The molecule has 0 saturated carbocycles. The number of hydrogen-bond acceptors (Lipinski definition) is 4. The van der Waals surface area contributed by atoms with Crippen molar-refractivity contribution in [3.05, 3.63) is 66.0 Å². The fourth-order valence-electron chi connectivity index (χ4n) is 2.50. The number of nitrogens with two attached hydrogens (primary N) is 1. The first-order valence-corrected chi connectivity index (χ1v) is 7.21. The quantitative estimate of drug-likeness (QED) is 0.923. The summed E-state index contributed by atoms with van der Waals surface area (Å²) in [5, 5.41) is 0. The van der Waals surface area contributed by atoms with Crippen molar-refractivity contribution in [2.75, 3.05) is 18.1 Å². The fraction of sp³-hybridized carbons (Fsp3) is 0.235. The Balaban J connectivity index is 1.80. The van der Waals surface area contributed by atoms with Crippen molar-refractivity contribution in [3.63, 3.8) is 0 Å². The monoisotopic (exact) mass is 299 g/mol. The molecule has 0 spiro atoms. The number of benzene rings is 2. The Hall–Kier alpha value is -2.56. The van der Waals surface area contributed by atoms with Crippen LogP contribution in [0.1, 0.15) is 5.56 Å². The molecule has 22 heavy (non-hydrogen) atoms. The summed E-state index contributed by atoms with van der Waals surface area (Å²) in [7, 11) is 0. The van der Waals surface area contributed by atoms with E-state index in [2.05, 4.69) is 22.0 Å².